The molecule has 0 saturated heterocycles. The lowest BCUT2D eigenvalue weighted by atomic mass is 9.81. The van der Waals surface area contributed by atoms with Crippen LogP contribution in [0, 0.1) is 0 Å². The van der Waals surface area contributed by atoms with Crippen LogP contribution in [-0.2, 0) is 0 Å². The maximum absolute atomic E-state index is 3.09. The molecule has 0 aliphatic rings. The third kappa shape index (κ3) is 8.44. The zero-order valence-corrected chi connectivity index (χ0v) is 50.7. The van der Waals surface area contributed by atoms with E-state index in [-0.39, 0.29) is 0 Å². The topological polar surface area (TPSA) is 0 Å². The molecule has 13 rings (SSSR count). The molecule has 0 amide bonds. The molecule has 13 aromatic carbocycles. The van der Waals surface area contributed by atoms with Gasteiger partial charge in [-0.05, 0) is 177 Å². The second kappa shape index (κ2) is 21.5. The van der Waals surface area contributed by atoms with Crippen molar-refractivity contribution >= 4 is 101 Å². The van der Waals surface area contributed by atoms with E-state index in [2.05, 4.69) is 322 Å². The molecule has 0 aliphatic carbocycles. The predicted octanol–water partition coefficient (Wildman–Crippen LogP) is 16.3. The summed E-state index contributed by atoms with van der Waals surface area (Å²) in [5.74, 6) is 1.28. The number of benzene rings is 13. The van der Waals surface area contributed by atoms with Crippen LogP contribution in [0.4, 0.5) is 0 Å². The van der Waals surface area contributed by atoms with E-state index < -0.39 is 16.1 Å². The molecule has 0 nitrogen and oxygen atoms in total. The van der Waals surface area contributed by atoms with Crippen molar-refractivity contribution in [1.29, 1.82) is 0 Å². The quantitative estimate of drug-likeness (QED) is 0.0441. The summed E-state index contributed by atoms with van der Waals surface area (Å²) in [7, 11) is -6.18. The molecule has 0 bridgehead atoms. The Bertz CT molecular complexity index is 3880. The summed E-state index contributed by atoms with van der Waals surface area (Å²) in [4.78, 5) is 0. The molecule has 0 aromatic heterocycles. The zero-order valence-electron chi connectivity index (χ0n) is 48.7. The van der Waals surface area contributed by atoms with Gasteiger partial charge in [-0.3, -0.25) is 0 Å². The van der Waals surface area contributed by atoms with E-state index in [0.717, 1.165) is 0 Å². The lowest BCUT2D eigenvalue weighted by Crippen LogP contribution is -2.74. The Morgan fingerprint density at radius 3 is 0.683 bits per heavy atom. The van der Waals surface area contributed by atoms with Gasteiger partial charge in [0, 0.05) is 0 Å². The van der Waals surface area contributed by atoms with Crippen LogP contribution in [-0.4, -0.2) is 16.1 Å². The average Bonchev–Trinajstić information content (AvgIpc) is 1.27. The molecule has 82 heavy (non-hydrogen) atoms. The van der Waals surface area contributed by atoms with Gasteiger partial charge in [-0.25, -0.2) is 0 Å². The maximum Gasteiger partial charge on any atom is 0.180 e. The first kappa shape index (κ1) is 52.9. The Kier molecular flexibility index (Phi) is 13.9. The van der Waals surface area contributed by atoms with Gasteiger partial charge in [0.2, 0.25) is 0 Å². The van der Waals surface area contributed by atoms with E-state index in [1.54, 1.807) is 0 Å². The minimum Gasteiger partial charge on any atom is -0.0623 e. The minimum absolute atomic E-state index is 0.319. The number of hydrogen-bond acceptors (Lipinski definition) is 0. The Labute approximate surface area is 488 Å². The van der Waals surface area contributed by atoms with E-state index in [0.29, 0.717) is 23.7 Å². The first-order valence-corrected chi connectivity index (χ1v) is 33.9. The highest BCUT2D eigenvalue weighted by Crippen LogP contribution is 2.47. The van der Waals surface area contributed by atoms with Gasteiger partial charge >= 0.3 is 0 Å². The van der Waals surface area contributed by atoms with Crippen LogP contribution >= 0.6 is 0 Å². The fourth-order valence-electron chi connectivity index (χ4n) is 14.6. The highest BCUT2D eigenvalue weighted by molar-refractivity contribution is 7.21. The molecule has 0 saturated carbocycles. The highest BCUT2D eigenvalue weighted by atomic mass is 28.3. The van der Waals surface area contributed by atoms with Crippen LogP contribution in [0.25, 0.3) is 65.3 Å². The molecule has 0 unspecified atom stereocenters. The molecule has 0 fully saturated rings. The average molecular weight is 1090 g/mol. The van der Waals surface area contributed by atoms with Gasteiger partial charge in [-0.2, -0.15) is 0 Å². The monoisotopic (exact) mass is 1090 g/mol. The Morgan fingerprint density at radius 2 is 0.451 bits per heavy atom. The van der Waals surface area contributed by atoms with Crippen molar-refractivity contribution < 1.29 is 0 Å². The molecule has 2 heteroatoms. The lowest BCUT2D eigenvalue weighted by molar-refractivity contribution is 0.838. The van der Waals surface area contributed by atoms with Crippen molar-refractivity contribution in [3.63, 3.8) is 0 Å². The standard InChI is InChI=1S/C80H72Si2/c1-53(2)65-41-27-42-66(54(3)4)77(65)57-49-71-69-45-48-76(82(62-35-21-12-22-36-62,63-37-23-13-24-38-63)64-39-25-14-26-40-64)74-52-58(78-67(55(5)6)43-28-44-68(78)56(7)8)50-72(80(69)74)70-46-47-75(73(51-57)79(70)71)81(59-29-15-9-16-30-59,60-31-17-10-18-32-60)61-33-19-11-20-34-61/h9-56H,1-8H3. The van der Waals surface area contributed by atoms with Crippen molar-refractivity contribution in [3.05, 3.63) is 289 Å². The Hall–Kier alpha value is -8.41. The molecular formula is C80H72Si2. The van der Waals surface area contributed by atoms with Crippen LogP contribution in [0.2, 0.25) is 0 Å². The van der Waals surface area contributed by atoms with Crippen LogP contribution < -0.4 is 41.5 Å². The SMILES string of the molecule is CC(C)c1cccc(C(C)C)c1-c1cc2c([Si](c3ccccc3)(c3ccccc3)c3ccccc3)ccc3c4cc(-c5c(C(C)C)cccc5C(C)C)cc5c([Si](c6ccccc6)(c6ccccc6)c6ccccc6)ccc(c(c1)c23)c54. The van der Waals surface area contributed by atoms with Gasteiger partial charge in [0.1, 0.15) is 0 Å². The number of fused-ring (bicyclic) bond motifs is 2. The van der Waals surface area contributed by atoms with Crippen LogP contribution in [0.5, 0.6) is 0 Å². The molecule has 400 valence electrons. The summed E-state index contributed by atoms with van der Waals surface area (Å²) in [6.45, 7) is 19.0. The van der Waals surface area contributed by atoms with Gasteiger partial charge in [-0.1, -0.05) is 298 Å². The highest BCUT2D eigenvalue weighted by Gasteiger charge is 2.45. The smallest absolute Gasteiger partial charge is 0.0623 e. The fourth-order valence-corrected chi connectivity index (χ4v) is 24.5. The molecule has 0 aliphatic heterocycles. The van der Waals surface area contributed by atoms with Crippen LogP contribution in [0.3, 0.4) is 0 Å². The summed E-state index contributed by atoms with van der Waals surface area (Å²) in [6, 6.07) is 104. The van der Waals surface area contributed by atoms with E-state index in [4.69, 9.17) is 0 Å². The first-order chi connectivity index (χ1) is 40.0. The number of rotatable bonds is 14. The lowest BCUT2D eigenvalue weighted by Gasteiger charge is -2.36. The van der Waals surface area contributed by atoms with Crippen LogP contribution in [0.15, 0.2) is 267 Å². The Morgan fingerprint density at radius 1 is 0.220 bits per heavy atom. The van der Waals surface area contributed by atoms with E-state index in [1.807, 2.05) is 0 Å². The molecular weight excluding hydrogens is 1020 g/mol. The summed E-state index contributed by atoms with van der Waals surface area (Å²) < 4.78 is 0. The van der Waals surface area contributed by atoms with Crippen LogP contribution in [0.1, 0.15) is 101 Å². The molecule has 0 spiro atoms. The molecule has 0 heterocycles. The van der Waals surface area contributed by atoms with Crippen molar-refractivity contribution in [3.8, 4) is 22.3 Å². The Balaban J connectivity index is 1.30. The zero-order chi connectivity index (χ0) is 56.3. The summed E-state index contributed by atoms with van der Waals surface area (Å²) in [6.07, 6.45) is 0. The van der Waals surface area contributed by atoms with Crippen molar-refractivity contribution in [2.24, 2.45) is 0 Å². The molecule has 0 N–H and O–H groups in total. The van der Waals surface area contributed by atoms with E-state index in [1.165, 1.54) is 129 Å². The minimum atomic E-state index is -3.09. The van der Waals surface area contributed by atoms with Gasteiger partial charge < -0.3 is 0 Å². The third-order valence-corrected chi connectivity index (χ3v) is 27.9. The summed E-state index contributed by atoms with van der Waals surface area (Å²) in [5, 5.41) is 21.6. The molecule has 13 aromatic rings. The fraction of sp³-hybridized carbons (Fsp3) is 0.150. The second-order valence-electron chi connectivity index (χ2n) is 24.2. The van der Waals surface area contributed by atoms with Gasteiger partial charge in [0.05, 0.1) is 0 Å². The van der Waals surface area contributed by atoms with Crippen molar-refractivity contribution in [2.45, 2.75) is 79.1 Å². The van der Waals surface area contributed by atoms with Crippen molar-refractivity contribution in [1.82, 2.24) is 0 Å². The maximum atomic E-state index is 2.64. The summed E-state index contributed by atoms with van der Waals surface area (Å²) in [5.41, 5.74) is 10.9. The normalized spacial score (nSPS) is 12.3. The second-order valence-corrected chi connectivity index (χ2v) is 31.7. The van der Waals surface area contributed by atoms with Gasteiger partial charge in [0.15, 0.2) is 16.1 Å². The first-order valence-electron chi connectivity index (χ1n) is 29.9. The van der Waals surface area contributed by atoms with Gasteiger partial charge in [-0.15, -0.1) is 0 Å². The predicted molar refractivity (Wildman–Crippen MR) is 362 cm³/mol. The van der Waals surface area contributed by atoms with E-state index >= 15 is 0 Å². The largest absolute Gasteiger partial charge is 0.180 e. The van der Waals surface area contributed by atoms with Crippen molar-refractivity contribution in [2.75, 3.05) is 0 Å². The van der Waals surface area contributed by atoms with E-state index in [9.17, 15) is 0 Å². The van der Waals surface area contributed by atoms with Gasteiger partial charge in [0.25, 0.3) is 0 Å². The molecule has 0 radical (unpaired) electrons. The molecule has 0 atom stereocenters. The number of hydrogen-bond donors (Lipinski definition) is 0. The third-order valence-electron chi connectivity index (χ3n) is 18.2. The summed E-state index contributed by atoms with van der Waals surface area (Å²) >= 11 is 0.